The number of amides is 2. The lowest BCUT2D eigenvalue weighted by Crippen LogP contribution is -2.40. The summed E-state index contributed by atoms with van der Waals surface area (Å²) in [5.74, 6) is 1.03. The molecule has 0 aliphatic heterocycles. The Morgan fingerprint density at radius 1 is 1.00 bits per heavy atom. The first-order valence-electron chi connectivity index (χ1n) is 12.9. The zero-order chi connectivity index (χ0) is 27.4. The Kier molecular flexibility index (Phi) is 7.86. The van der Waals surface area contributed by atoms with Gasteiger partial charge in [0, 0.05) is 23.6 Å². The molecule has 3 aromatic carbocycles. The van der Waals surface area contributed by atoms with Gasteiger partial charge in [-0.3, -0.25) is 9.59 Å². The van der Waals surface area contributed by atoms with Crippen molar-refractivity contribution in [3.8, 4) is 11.4 Å². The Balaban J connectivity index is 1.62. The second-order valence-electron chi connectivity index (χ2n) is 10.9. The molecule has 0 saturated heterocycles. The zero-order valence-corrected chi connectivity index (χ0v) is 23.0. The van der Waals surface area contributed by atoms with Crippen LogP contribution in [-0.2, 0) is 10.2 Å². The van der Waals surface area contributed by atoms with Crippen LogP contribution < -0.4 is 10.1 Å². The molecule has 0 atom stereocenters. The first-order valence-corrected chi connectivity index (χ1v) is 12.9. The van der Waals surface area contributed by atoms with Crippen molar-refractivity contribution >= 4 is 28.4 Å². The van der Waals surface area contributed by atoms with Gasteiger partial charge in [0.1, 0.15) is 18.1 Å². The molecule has 4 rings (SSSR count). The summed E-state index contributed by atoms with van der Waals surface area (Å²) in [6, 6.07) is 22.9. The highest BCUT2D eigenvalue weighted by Crippen LogP contribution is 2.27. The predicted molar refractivity (Wildman–Crippen MR) is 152 cm³/mol. The van der Waals surface area contributed by atoms with E-state index in [0.717, 1.165) is 27.9 Å². The minimum Gasteiger partial charge on any atom is -0.497 e. The first-order chi connectivity index (χ1) is 18.1. The molecule has 0 fully saturated rings. The molecular formula is C31H36N4O3. The normalized spacial score (nSPS) is 11.6. The SMILES string of the molecule is COc1ccc(-n2nc(C(C)(C)C)cc2NC(=O)CN(CC(C)C)C(=O)c2cccc3ccccc23)cc1. The van der Waals surface area contributed by atoms with Crippen molar-refractivity contribution in [2.45, 2.75) is 40.0 Å². The van der Waals surface area contributed by atoms with E-state index in [9.17, 15) is 9.59 Å². The van der Waals surface area contributed by atoms with Gasteiger partial charge in [0.05, 0.1) is 18.5 Å². The molecule has 0 aliphatic carbocycles. The lowest BCUT2D eigenvalue weighted by molar-refractivity contribution is -0.117. The largest absolute Gasteiger partial charge is 0.497 e. The number of ether oxygens (including phenoxy) is 1. The maximum absolute atomic E-state index is 13.7. The molecule has 4 aromatic rings. The van der Waals surface area contributed by atoms with Gasteiger partial charge in [0.15, 0.2) is 0 Å². The van der Waals surface area contributed by atoms with Gasteiger partial charge in [-0.2, -0.15) is 5.10 Å². The number of methoxy groups -OCH3 is 1. The summed E-state index contributed by atoms with van der Waals surface area (Å²) in [7, 11) is 1.62. The first kappa shape index (κ1) is 26.9. The number of rotatable bonds is 8. The molecule has 0 saturated carbocycles. The van der Waals surface area contributed by atoms with Crippen LogP contribution in [-0.4, -0.2) is 46.7 Å². The number of anilines is 1. The lowest BCUT2D eigenvalue weighted by Gasteiger charge is -2.25. The van der Waals surface area contributed by atoms with Crippen LogP contribution >= 0.6 is 0 Å². The van der Waals surface area contributed by atoms with Crippen LogP contribution in [0.5, 0.6) is 5.75 Å². The van der Waals surface area contributed by atoms with Crippen molar-refractivity contribution in [1.82, 2.24) is 14.7 Å². The molecule has 0 unspecified atom stereocenters. The molecule has 0 radical (unpaired) electrons. The number of aromatic nitrogens is 2. The number of hydrogen-bond acceptors (Lipinski definition) is 4. The van der Waals surface area contributed by atoms with Crippen molar-refractivity contribution in [2.24, 2.45) is 5.92 Å². The van der Waals surface area contributed by atoms with Crippen molar-refractivity contribution in [3.05, 3.63) is 84.1 Å². The summed E-state index contributed by atoms with van der Waals surface area (Å²) in [5, 5.41) is 9.67. The third-order valence-corrected chi connectivity index (χ3v) is 6.29. The van der Waals surface area contributed by atoms with Crippen LogP contribution in [0.3, 0.4) is 0 Å². The molecule has 7 heteroatoms. The summed E-state index contributed by atoms with van der Waals surface area (Å²) in [6.45, 7) is 10.7. The van der Waals surface area contributed by atoms with Crippen LogP contribution in [0.2, 0.25) is 0 Å². The van der Waals surface area contributed by atoms with Crippen LogP contribution in [0.1, 0.15) is 50.7 Å². The molecule has 7 nitrogen and oxygen atoms in total. The van der Waals surface area contributed by atoms with E-state index in [1.165, 1.54) is 0 Å². The third kappa shape index (κ3) is 6.05. The van der Waals surface area contributed by atoms with Gasteiger partial charge >= 0.3 is 0 Å². The van der Waals surface area contributed by atoms with E-state index in [0.29, 0.717) is 17.9 Å². The quantitative estimate of drug-likeness (QED) is 0.311. The molecule has 1 heterocycles. The van der Waals surface area contributed by atoms with Gasteiger partial charge in [-0.1, -0.05) is 71.0 Å². The number of fused-ring (bicyclic) bond motifs is 1. The lowest BCUT2D eigenvalue weighted by atomic mass is 9.92. The van der Waals surface area contributed by atoms with Crippen LogP contribution in [0.25, 0.3) is 16.5 Å². The van der Waals surface area contributed by atoms with Gasteiger partial charge in [-0.25, -0.2) is 4.68 Å². The smallest absolute Gasteiger partial charge is 0.254 e. The van der Waals surface area contributed by atoms with E-state index in [-0.39, 0.29) is 29.7 Å². The fourth-order valence-electron chi connectivity index (χ4n) is 4.35. The summed E-state index contributed by atoms with van der Waals surface area (Å²) in [4.78, 5) is 28.7. The molecular weight excluding hydrogens is 476 g/mol. The average Bonchev–Trinajstić information content (AvgIpc) is 3.31. The summed E-state index contributed by atoms with van der Waals surface area (Å²) < 4.78 is 7.00. The van der Waals surface area contributed by atoms with E-state index in [4.69, 9.17) is 9.84 Å². The molecule has 1 aromatic heterocycles. The van der Waals surface area contributed by atoms with E-state index >= 15 is 0 Å². The fraction of sp³-hybridized carbons (Fsp3) is 0.323. The Bertz CT molecular complexity index is 1430. The monoisotopic (exact) mass is 512 g/mol. The highest BCUT2D eigenvalue weighted by atomic mass is 16.5. The minimum absolute atomic E-state index is 0.0706. The standard InChI is InChI=1S/C31H36N4O3/c1-21(2)19-34(30(37)26-13-9-11-22-10-7-8-12-25(22)26)20-29(36)32-28-18-27(31(3,4)5)33-35(28)23-14-16-24(38-6)17-15-23/h7-18,21H,19-20H2,1-6H3,(H,32,36). The Hall–Kier alpha value is -4.13. The van der Waals surface area contributed by atoms with Crippen molar-refractivity contribution in [1.29, 1.82) is 0 Å². The molecule has 0 aliphatic rings. The van der Waals surface area contributed by atoms with Crippen LogP contribution in [0.15, 0.2) is 72.8 Å². The molecule has 2 amide bonds. The summed E-state index contributed by atoms with van der Waals surface area (Å²) in [5.41, 5.74) is 2.01. The number of carbonyl (C=O) groups excluding carboxylic acids is 2. The maximum Gasteiger partial charge on any atom is 0.254 e. The number of benzene rings is 3. The summed E-state index contributed by atoms with van der Waals surface area (Å²) >= 11 is 0. The van der Waals surface area contributed by atoms with Crippen molar-refractivity contribution < 1.29 is 14.3 Å². The highest BCUT2D eigenvalue weighted by molar-refractivity contribution is 6.08. The second kappa shape index (κ2) is 11.1. The Morgan fingerprint density at radius 2 is 1.68 bits per heavy atom. The maximum atomic E-state index is 13.7. The van der Waals surface area contributed by atoms with Crippen LogP contribution in [0.4, 0.5) is 5.82 Å². The molecule has 1 N–H and O–H groups in total. The van der Waals surface area contributed by atoms with Gasteiger partial charge in [0.25, 0.3) is 5.91 Å². The number of nitrogens with one attached hydrogen (secondary N) is 1. The van der Waals surface area contributed by atoms with E-state index in [2.05, 4.69) is 26.1 Å². The van der Waals surface area contributed by atoms with Gasteiger partial charge in [0.2, 0.25) is 5.91 Å². The van der Waals surface area contributed by atoms with Gasteiger partial charge < -0.3 is 15.0 Å². The number of hydrogen-bond donors (Lipinski definition) is 1. The van der Waals surface area contributed by atoms with Gasteiger partial charge in [-0.05, 0) is 47.0 Å². The van der Waals surface area contributed by atoms with Crippen LogP contribution in [0, 0.1) is 5.92 Å². The Morgan fingerprint density at radius 3 is 2.34 bits per heavy atom. The van der Waals surface area contributed by atoms with E-state index in [1.807, 2.05) is 86.6 Å². The molecule has 0 spiro atoms. The predicted octanol–water partition coefficient (Wildman–Crippen LogP) is 6.07. The topological polar surface area (TPSA) is 76.5 Å². The average molecular weight is 513 g/mol. The van der Waals surface area contributed by atoms with Gasteiger partial charge in [-0.15, -0.1) is 0 Å². The van der Waals surface area contributed by atoms with E-state index in [1.54, 1.807) is 16.7 Å². The Labute approximate surface area is 224 Å². The number of carbonyl (C=O) groups is 2. The number of nitrogens with zero attached hydrogens (tertiary/aromatic N) is 3. The highest BCUT2D eigenvalue weighted by Gasteiger charge is 2.24. The molecule has 38 heavy (non-hydrogen) atoms. The minimum atomic E-state index is -0.283. The second-order valence-corrected chi connectivity index (χ2v) is 10.9. The zero-order valence-electron chi connectivity index (χ0n) is 23.0. The molecule has 198 valence electrons. The van der Waals surface area contributed by atoms with Crippen molar-refractivity contribution in [2.75, 3.05) is 25.5 Å². The summed E-state index contributed by atoms with van der Waals surface area (Å²) in [6.07, 6.45) is 0. The van der Waals surface area contributed by atoms with E-state index < -0.39 is 0 Å². The molecule has 0 bridgehead atoms. The third-order valence-electron chi connectivity index (χ3n) is 6.29. The van der Waals surface area contributed by atoms with Crippen molar-refractivity contribution in [3.63, 3.8) is 0 Å². The fourth-order valence-corrected chi connectivity index (χ4v) is 4.35.